The average Bonchev–Trinajstić information content (AvgIpc) is 2.03. The molecule has 0 aliphatic carbocycles. The Morgan fingerprint density at radius 1 is 1.14 bits per heavy atom. The quantitative estimate of drug-likeness (QED) is 0.689. The van der Waals surface area contributed by atoms with E-state index in [1.807, 2.05) is 0 Å². The SMILES string of the molecule is Cl.O=C(OC(F)(F)F)c1ccccc1. The maximum atomic E-state index is 11.5. The Balaban J connectivity index is 0.00000169. The molecule has 6 heteroatoms. The van der Waals surface area contributed by atoms with E-state index in [0.717, 1.165) is 0 Å². The molecule has 0 aliphatic heterocycles. The number of carbonyl (C=O) groups is 1. The molecule has 78 valence electrons. The van der Waals surface area contributed by atoms with Crippen LogP contribution in [-0.2, 0) is 4.74 Å². The summed E-state index contributed by atoms with van der Waals surface area (Å²) in [6, 6.07) is 6.98. The van der Waals surface area contributed by atoms with Gasteiger partial charge in [0.1, 0.15) is 0 Å². The van der Waals surface area contributed by atoms with Crippen molar-refractivity contribution in [2.45, 2.75) is 6.36 Å². The van der Waals surface area contributed by atoms with E-state index in [-0.39, 0.29) is 18.0 Å². The topological polar surface area (TPSA) is 26.3 Å². The number of ether oxygens (including phenoxy) is 1. The van der Waals surface area contributed by atoms with Crippen LogP contribution < -0.4 is 0 Å². The third-order valence-corrected chi connectivity index (χ3v) is 1.22. The van der Waals surface area contributed by atoms with Gasteiger partial charge in [0.15, 0.2) is 0 Å². The second kappa shape index (κ2) is 4.85. The average molecular weight is 227 g/mol. The lowest BCUT2D eigenvalue weighted by Gasteiger charge is -2.06. The van der Waals surface area contributed by atoms with Gasteiger partial charge in [0.05, 0.1) is 5.56 Å². The molecule has 0 saturated heterocycles. The summed E-state index contributed by atoms with van der Waals surface area (Å²) < 4.78 is 37.8. The Morgan fingerprint density at radius 3 is 2.07 bits per heavy atom. The third-order valence-electron chi connectivity index (χ3n) is 1.22. The van der Waals surface area contributed by atoms with E-state index in [0.29, 0.717) is 0 Å². The molecule has 0 N–H and O–H groups in total. The maximum absolute atomic E-state index is 11.5. The van der Waals surface area contributed by atoms with Crippen LogP contribution in [-0.4, -0.2) is 12.3 Å². The lowest BCUT2D eigenvalue weighted by atomic mass is 10.2. The van der Waals surface area contributed by atoms with E-state index in [1.54, 1.807) is 6.07 Å². The van der Waals surface area contributed by atoms with Gasteiger partial charge in [-0.25, -0.2) is 4.79 Å². The lowest BCUT2D eigenvalue weighted by molar-refractivity contribution is -0.291. The van der Waals surface area contributed by atoms with Crippen molar-refractivity contribution in [3.63, 3.8) is 0 Å². The van der Waals surface area contributed by atoms with Crippen LogP contribution in [0.25, 0.3) is 0 Å². The number of carbonyl (C=O) groups excluding carboxylic acids is 1. The first kappa shape index (κ1) is 12.8. The molecule has 0 spiro atoms. The Labute approximate surface area is 84.1 Å². The van der Waals surface area contributed by atoms with Crippen LogP contribution in [0.2, 0.25) is 0 Å². The maximum Gasteiger partial charge on any atom is 0.575 e. The number of benzene rings is 1. The predicted octanol–water partition coefficient (Wildman–Crippen LogP) is 2.79. The number of alkyl halides is 3. The summed E-state index contributed by atoms with van der Waals surface area (Å²) in [6.45, 7) is 0. The van der Waals surface area contributed by atoms with Gasteiger partial charge < -0.3 is 4.74 Å². The molecule has 0 amide bonds. The molecule has 0 radical (unpaired) electrons. The monoisotopic (exact) mass is 226 g/mol. The first-order chi connectivity index (χ1) is 5.99. The van der Waals surface area contributed by atoms with Crippen LogP contribution in [0, 0.1) is 0 Å². The van der Waals surface area contributed by atoms with Gasteiger partial charge in [-0.3, -0.25) is 0 Å². The fourth-order valence-corrected chi connectivity index (χ4v) is 0.738. The van der Waals surface area contributed by atoms with Gasteiger partial charge in [-0.2, -0.15) is 0 Å². The van der Waals surface area contributed by atoms with E-state index in [9.17, 15) is 18.0 Å². The summed E-state index contributed by atoms with van der Waals surface area (Å²) in [5.41, 5.74) is -0.125. The van der Waals surface area contributed by atoms with E-state index in [4.69, 9.17) is 0 Å². The van der Waals surface area contributed by atoms with Crippen molar-refractivity contribution < 1.29 is 22.7 Å². The van der Waals surface area contributed by atoms with Crippen molar-refractivity contribution in [1.29, 1.82) is 0 Å². The van der Waals surface area contributed by atoms with Gasteiger partial charge >= 0.3 is 12.3 Å². The standard InChI is InChI=1S/C8H5F3O2.ClH/c9-8(10,11)13-7(12)6-4-2-1-3-5-6;/h1-5H;1H. The highest BCUT2D eigenvalue weighted by Gasteiger charge is 2.34. The van der Waals surface area contributed by atoms with E-state index >= 15 is 0 Å². The van der Waals surface area contributed by atoms with Crippen LogP contribution >= 0.6 is 12.4 Å². The van der Waals surface area contributed by atoms with Crippen LogP contribution in [0.1, 0.15) is 10.4 Å². The third kappa shape index (κ3) is 4.13. The van der Waals surface area contributed by atoms with Crippen molar-refractivity contribution in [2.75, 3.05) is 0 Å². The minimum atomic E-state index is -4.92. The minimum Gasteiger partial charge on any atom is -0.369 e. The molecule has 0 bridgehead atoms. The Kier molecular flexibility index (Phi) is 4.43. The van der Waals surface area contributed by atoms with Gasteiger partial charge in [0.2, 0.25) is 0 Å². The molecule has 1 aromatic carbocycles. The smallest absolute Gasteiger partial charge is 0.369 e. The normalized spacial score (nSPS) is 10.2. The highest BCUT2D eigenvalue weighted by molar-refractivity contribution is 5.89. The zero-order valence-corrected chi connectivity index (χ0v) is 7.56. The van der Waals surface area contributed by atoms with E-state index < -0.39 is 12.3 Å². The molecule has 0 fully saturated rings. The van der Waals surface area contributed by atoms with Crippen molar-refractivity contribution in [1.82, 2.24) is 0 Å². The van der Waals surface area contributed by atoms with Crippen LogP contribution in [0.5, 0.6) is 0 Å². The Hall–Kier alpha value is -1.23. The lowest BCUT2D eigenvalue weighted by Crippen LogP contribution is -2.19. The first-order valence-electron chi connectivity index (χ1n) is 3.34. The Bertz CT molecular complexity index is 297. The van der Waals surface area contributed by atoms with Crippen molar-refractivity contribution in [3.8, 4) is 0 Å². The summed E-state index contributed by atoms with van der Waals surface area (Å²) >= 11 is 0. The molecule has 1 rings (SSSR count). The number of hydrogen-bond donors (Lipinski definition) is 0. The molecule has 0 aromatic heterocycles. The van der Waals surface area contributed by atoms with Gasteiger partial charge in [0.25, 0.3) is 0 Å². The highest BCUT2D eigenvalue weighted by Crippen LogP contribution is 2.18. The highest BCUT2D eigenvalue weighted by atomic mass is 35.5. The number of rotatable bonds is 1. The van der Waals surface area contributed by atoms with Crippen LogP contribution in [0.15, 0.2) is 30.3 Å². The summed E-state index contributed by atoms with van der Waals surface area (Å²) in [6.07, 6.45) is -4.92. The molecule has 0 atom stereocenters. The summed E-state index contributed by atoms with van der Waals surface area (Å²) in [4.78, 5) is 10.7. The zero-order valence-electron chi connectivity index (χ0n) is 6.75. The minimum absolute atomic E-state index is 0. The molecular weight excluding hydrogens is 221 g/mol. The number of hydrogen-bond acceptors (Lipinski definition) is 2. The van der Waals surface area contributed by atoms with Gasteiger partial charge in [-0.05, 0) is 12.1 Å². The van der Waals surface area contributed by atoms with E-state index in [2.05, 4.69) is 4.74 Å². The van der Waals surface area contributed by atoms with Crippen molar-refractivity contribution in [2.24, 2.45) is 0 Å². The fourth-order valence-electron chi connectivity index (χ4n) is 0.738. The molecule has 2 nitrogen and oxygen atoms in total. The molecule has 14 heavy (non-hydrogen) atoms. The molecule has 0 saturated carbocycles. The predicted molar refractivity (Wildman–Crippen MR) is 45.2 cm³/mol. The molecule has 1 aromatic rings. The summed E-state index contributed by atoms with van der Waals surface area (Å²) in [5, 5.41) is 0. The zero-order chi connectivity index (χ0) is 9.90. The van der Waals surface area contributed by atoms with E-state index in [1.165, 1.54) is 24.3 Å². The van der Waals surface area contributed by atoms with Gasteiger partial charge in [-0.15, -0.1) is 25.6 Å². The van der Waals surface area contributed by atoms with Crippen LogP contribution in [0.4, 0.5) is 13.2 Å². The molecule has 0 unspecified atom stereocenters. The largest absolute Gasteiger partial charge is 0.575 e. The first-order valence-corrected chi connectivity index (χ1v) is 3.34. The van der Waals surface area contributed by atoms with Crippen molar-refractivity contribution >= 4 is 18.4 Å². The molecule has 0 aliphatic rings. The Morgan fingerprint density at radius 2 is 1.64 bits per heavy atom. The van der Waals surface area contributed by atoms with Gasteiger partial charge in [0, 0.05) is 0 Å². The number of esters is 1. The second-order valence-electron chi connectivity index (χ2n) is 2.20. The van der Waals surface area contributed by atoms with Crippen LogP contribution in [0.3, 0.4) is 0 Å². The van der Waals surface area contributed by atoms with Crippen molar-refractivity contribution in [3.05, 3.63) is 35.9 Å². The molecule has 0 heterocycles. The summed E-state index contributed by atoms with van der Waals surface area (Å²) in [5.74, 6) is -1.40. The second-order valence-corrected chi connectivity index (χ2v) is 2.20. The molecular formula is C8H6ClF3O2. The number of halogens is 4. The summed E-state index contributed by atoms with van der Waals surface area (Å²) in [7, 11) is 0. The fraction of sp³-hybridized carbons (Fsp3) is 0.125. The van der Waals surface area contributed by atoms with Gasteiger partial charge in [-0.1, -0.05) is 18.2 Å².